The first kappa shape index (κ1) is 23.5. The van der Waals surface area contributed by atoms with Gasteiger partial charge in [0.05, 0.1) is 23.1 Å². The highest BCUT2D eigenvalue weighted by Crippen LogP contribution is 2.35. The van der Waals surface area contributed by atoms with Gasteiger partial charge in [-0.3, -0.25) is 4.79 Å². The second-order valence-corrected chi connectivity index (χ2v) is 8.04. The van der Waals surface area contributed by atoms with Crippen LogP contribution in [0.25, 0.3) is 0 Å². The number of aromatic nitrogens is 1. The van der Waals surface area contributed by atoms with Crippen molar-refractivity contribution >= 4 is 28.8 Å². The molecule has 12 heteroatoms. The number of aliphatic hydroxyl groups is 1. The van der Waals surface area contributed by atoms with E-state index in [0.29, 0.717) is 30.0 Å². The second-order valence-electron chi connectivity index (χ2n) is 8.04. The van der Waals surface area contributed by atoms with Gasteiger partial charge >= 0.3 is 6.36 Å². The van der Waals surface area contributed by atoms with Crippen LogP contribution in [-0.2, 0) is 4.79 Å². The first-order valence-corrected chi connectivity index (χ1v) is 10.3. The molecule has 0 spiro atoms. The van der Waals surface area contributed by atoms with E-state index in [-0.39, 0.29) is 36.3 Å². The Morgan fingerprint density at radius 2 is 1.82 bits per heavy atom. The summed E-state index contributed by atoms with van der Waals surface area (Å²) in [6.07, 6.45) is -3.79. The van der Waals surface area contributed by atoms with E-state index in [0.717, 1.165) is 12.1 Å². The molecule has 3 heterocycles. The van der Waals surface area contributed by atoms with Gasteiger partial charge in [0.15, 0.2) is 5.83 Å². The highest BCUT2D eigenvalue weighted by molar-refractivity contribution is 6.10. The minimum atomic E-state index is -4.80. The number of hydrogen-bond donors (Lipinski definition) is 3. The van der Waals surface area contributed by atoms with Crippen LogP contribution < -0.4 is 15.0 Å². The number of carbonyl (C=O) groups is 1. The van der Waals surface area contributed by atoms with Crippen molar-refractivity contribution < 1.29 is 32.2 Å². The number of benzene rings is 1. The number of hydrogen-bond acceptors (Lipinski definition) is 7. The van der Waals surface area contributed by atoms with Gasteiger partial charge in [0.25, 0.3) is 5.91 Å². The van der Waals surface area contributed by atoms with Gasteiger partial charge in [-0.25, -0.2) is 9.37 Å². The van der Waals surface area contributed by atoms with Crippen LogP contribution in [0.15, 0.2) is 48.9 Å². The molecule has 180 valence electrons. The van der Waals surface area contributed by atoms with Gasteiger partial charge in [-0.1, -0.05) is 6.58 Å². The van der Waals surface area contributed by atoms with Crippen LogP contribution in [0.4, 0.5) is 34.8 Å². The standard InChI is InChI=1S/C22H21F4N5O3/c1-12(23)21(33)31-8-13(9-31)19(27)18-17(30-10-15(32)11-30)6-7-28-20(18)29-14-2-4-16(5-3-14)34-22(24,25)26/h2-7,13,15,27,32H,1,8-11H2,(H,28,29). The zero-order chi connectivity index (χ0) is 24.6. The molecule has 0 atom stereocenters. The largest absolute Gasteiger partial charge is 0.573 e. The van der Waals surface area contributed by atoms with Crippen molar-refractivity contribution in [3.8, 4) is 5.75 Å². The van der Waals surface area contributed by atoms with E-state index < -0.39 is 24.2 Å². The molecule has 1 amide bonds. The van der Waals surface area contributed by atoms with E-state index in [1.54, 1.807) is 6.07 Å². The molecule has 0 unspecified atom stereocenters. The number of aliphatic hydroxyl groups excluding tert-OH is 1. The molecule has 2 fully saturated rings. The Morgan fingerprint density at radius 1 is 1.18 bits per heavy atom. The molecule has 0 aliphatic carbocycles. The Hall–Kier alpha value is -3.67. The Morgan fingerprint density at radius 3 is 2.38 bits per heavy atom. The summed E-state index contributed by atoms with van der Waals surface area (Å²) >= 11 is 0. The number of rotatable bonds is 7. The summed E-state index contributed by atoms with van der Waals surface area (Å²) in [6, 6.07) is 6.76. The van der Waals surface area contributed by atoms with Gasteiger partial charge in [-0.15, -0.1) is 13.2 Å². The van der Waals surface area contributed by atoms with Crippen LogP contribution in [-0.4, -0.2) is 65.3 Å². The first-order valence-electron chi connectivity index (χ1n) is 10.3. The SMILES string of the molecule is C=C(F)C(=O)N1CC(C(=N)c2c(N3CC(O)C3)ccnc2Nc2ccc(OC(F)(F)F)cc2)C1. The molecule has 2 aromatic rings. The van der Waals surface area contributed by atoms with Gasteiger partial charge in [0, 0.05) is 44.0 Å². The minimum Gasteiger partial charge on any atom is -0.406 e. The van der Waals surface area contributed by atoms with Crippen molar-refractivity contribution in [3.63, 3.8) is 0 Å². The summed E-state index contributed by atoms with van der Waals surface area (Å²) in [5, 5.41) is 21.5. The zero-order valence-electron chi connectivity index (χ0n) is 17.8. The molecule has 34 heavy (non-hydrogen) atoms. The summed E-state index contributed by atoms with van der Waals surface area (Å²) in [6.45, 7) is 4.01. The maximum Gasteiger partial charge on any atom is 0.573 e. The van der Waals surface area contributed by atoms with Crippen LogP contribution in [0.1, 0.15) is 5.56 Å². The van der Waals surface area contributed by atoms with Crippen molar-refractivity contribution in [2.45, 2.75) is 12.5 Å². The number of β-amino-alcohol motifs (C(OH)–C–C–N with tert-alkyl or cyclic N) is 1. The summed E-state index contributed by atoms with van der Waals surface area (Å²) in [4.78, 5) is 19.2. The first-order chi connectivity index (χ1) is 16.0. The maximum atomic E-state index is 13.1. The summed E-state index contributed by atoms with van der Waals surface area (Å²) in [5.41, 5.74) is 1.65. The van der Waals surface area contributed by atoms with Crippen molar-refractivity contribution in [1.29, 1.82) is 5.41 Å². The number of ether oxygens (including phenoxy) is 1. The number of halogens is 4. The molecule has 0 saturated carbocycles. The van der Waals surface area contributed by atoms with Crippen molar-refractivity contribution in [3.05, 3.63) is 54.5 Å². The molecule has 1 aromatic carbocycles. The predicted molar refractivity (Wildman–Crippen MR) is 116 cm³/mol. The van der Waals surface area contributed by atoms with Crippen LogP contribution in [0.5, 0.6) is 5.75 Å². The average molecular weight is 479 g/mol. The van der Waals surface area contributed by atoms with Crippen LogP contribution in [0.3, 0.4) is 0 Å². The van der Waals surface area contributed by atoms with Crippen LogP contribution in [0, 0.1) is 11.3 Å². The van der Waals surface area contributed by atoms with E-state index in [2.05, 4.69) is 21.6 Å². The normalized spacial score (nSPS) is 16.5. The van der Waals surface area contributed by atoms with E-state index in [4.69, 9.17) is 5.41 Å². The lowest BCUT2D eigenvalue weighted by atomic mass is 9.88. The van der Waals surface area contributed by atoms with E-state index >= 15 is 0 Å². The Bertz CT molecular complexity index is 1110. The zero-order valence-corrected chi connectivity index (χ0v) is 17.8. The highest BCUT2D eigenvalue weighted by Gasteiger charge is 2.38. The fourth-order valence-corrected chi connectivity index (χ4v) is 3.81. The van der Waals surface area contributed by atoms with Gasteiger partial charge in [0.1, 0.15) is 11.6 Å². The third-order valence-electron chi connectivity index (χ3n) is 5.56. The Labute approximate surface area is 192 Å². The van der Waals surface area contributed by atoms with Gasteiger partial charge in [0.2, 0.25) is 0 Å². The van der Waals surface area contributed by atoms with Gasteiger partial charge in [-0.05, 0) is 30.3 Å². The smallest absolute Gasteiger partial charge is 0.406 e. The Kier molecular flexibility index (Phi) is 6.17. The average Bonchev–Trinajstić information content (AvgIpc) is 2.70. The fourth-order valence-electron chi connectivity index (χ4n) is 3.81. The quantitative estimate of drug-likeness (QED) is 0.320. The molecule has 3 N–H and O–H groups in total. The lowest BCUT2D eigenvalue weighted by Gasteiger charge is -2.42. The number of nitrogens with zero attached hydrogens (tertiary/aromatic N) is 3. The van der Waals surface area contributed by atoms with E-state index in [1.165, 1.54) is 23.2 Å². The van der Waals surface area contributed by atoms with Gasteiger partial charge in [-0.2, -0.15) is 0 Å². The van der Waals surface area contributed by atoms with Gasteiger partial charge < -0.3 is 30.4 Å². The number of nitrogens with one attached hydrogen (secondary N) is 2. The molecule has 0 radical (unpaired) electrons. The summed E-state index contributed by atoms with van der Waals surface area (Å²) in [5.74, 6) is -2.35. The molecule has 4 rings (SSSR count). The highest BCUT2D eigenvalue weighted by atomic mass is 19.4. The third-order valence-corrected chi connectivity index (χ3v) is 5.56. The fraction of sp³-hybridized carbons (Fsp3) is 0.318. The van der Waals surface area contributed by atoms with Crippen molar-refractivity contribution in [2.75, 3.05) is 36.4 Å². The van der Waals surface area contributed by atoms with Crippen molar-refractivity contribution in [2.24, 2.45) is 5.92 Å². The van der Waals surface area contributed by atoms with Crippen LogP contribution >= 0.6 is 0 Å². The number of pyridine rings is 1. The summed E-state index contributed by atoms with van der Waals surface area (Å²) < 4.78 is 54.2. The predicted octanol–water partition coefficient (Wildman–Crippen LogP) is 3.21. The molecule has 8 nitrogen and oxygen atoms in total. The summed E-state index contributed by atoms with van der Waals surface area (Å²) in [7, 11) is 0. The minimum absolute atomic E-state index is 0.139. The molecule has 2 aliphatic heterocycles. The van der Waals surface area contributed by atoms with Crippen molar-refractivity contribution in [1.82, 2.24) is 9.88 Å². The number of amides is 1. The molecule has 2 aliphatic rings. The molecular weight excluding hydrogens is 458 g/mol. The number of alkyl halides is 3. The topological polar surface area (TPSA) is 102 Å². The number of anilines is 3. The van der Waals surface area contributed by atoms with Crippen LogP contribution in [0.2, 0.25) is 0 Å². The van der Waals surface area contributed by atoms with E-state index in [9.17, 15) is 27.5 Å². The molecule has 1 aromatic heterocycles. The van der Waals surface area contributed by atoms with E-state index in [1.807, 2.05) is 4.90 Å². The lowest BCUT2D eigenvalue weighted by Crippen LogP contribution is -2.54. The molecule has 2 saturated heterocycles. The second kappa shape index (κ2) is 8.93. The number of carbonyl (C=O) groups excluding carboxylic acids is 1. The monoisotopic (exact) mass is 479 g/mol. The third kappa shape index (κ3) is 4.96. The maximum absolute atomic E-state index is 13.1. The molecule has 0 bridgehead atoms. The number of likely N-dealkylation sites (tertiary alicyclic amines) is 1. The Balaban J connectivity index is 1.58. The molecular formula is C22H21F4N5O3. The lowest BCUT2D eigenvalue weighted by molar-refractivity contribution is -0.274.